The first-order valence-corrected chi connectivity index (χ1v) is 6.69. The molecule has 0 unspecified atom stereocenters. The Balaban J connectivity index is 1.85. The summed E-state index contributed by atoms with van der Waals surface area (Å²) in [7, 11) is 0. The van der Waals surface area contributed by atoms with Crippen LogP contribution in [0.5, 0.6) is 0 Å². The number of carbonyl (C=O) groups is 2. The lowest BCUT2D eigenvalue weighted by Crippen LogP contribution is -2.35. The summed E-state index contributed by atoms with van der Waals surface area (Å²) in [5, 5.41) is 4.96. The van der Waals surface area contributed by atoms with Crippen LogP contribution in [-0.2, 0) is 16.1 Å². The molecule has 0 aliphatic rings. The number of hydrogen-bond donors (Lipinski definition) is 2. The highest BCUT2D eigenvalue weighted by atomic mass is 79.9. The highest BCUT2D eigenvalue weighted by molar-refractivity contribution is 9.10. The van der Waals surface area contributed by atoms with Crippen LogP contribution in [0.4, 0.5) is 5.82 Å². The lowest BCUT2D eigenvalue weighted by atomic mass is 10.2. The van der Waals surface area contributed by atoms with Crippen molar-refractivity contribution in [3.05, 3.63) is 58.7 Å². The Hall–Kier alpha value is -2.21. The van der Waals surface area contributed by atoms with E-state index in [1.807, 2.05) is 24.3 Å². The average molecular weight is 334 g/mol. The van der Waals surface area contributed by atoms with Crippen LogP contribution in [0.15, 0.2) is 53.1 Å². The van der Waals surface area contributed by atoms with Gasteiger partial charge in [0.25, 0.3) is 0 Å². The molecule has 6 heteroatoms. The molecular formula is C14H12BrN3O2. The van der Waals surface area contributed by atoms with Crippen molar-refractivity contribution in [1.29, 1.82) is 0 Å². The Kier molecular flexibility index (Phi) is 4.84. The van der Waals surface area contributed by atoms with Crippen LogP contribution in [-0.4, -0.2) is 16.8 Å². The van der Waals surface area contributed by atoms with Gasteiger partial charge in [0.05, 0.1) is 0 Å². The van der Waals surface area contributed by atoms with Crippen LogP contribution >= 0.6 is 15.9 Å². The summed E-state index contributed by atoms with van der Waals surface area (Å²) in [6.07, 6.45) is 1.54. The quantitative estimate of drug-likeness (QED) is 0.845. The van der Waals surface area contributed by atoms with Gasteiger partial charge in [0, 0.05) is 17.2 Å². The lowest BCUT2D eigenvalue weighted by Gasteiger charge is -2.06. The maximum absolute atomic E-state index is 11.6. The van der Waals surface area contributed by atoms with Crippen molar-refractivity contribution in [2.45, 2.75) is 6.54 Å². The molecule has 0 radical (unpaired) electrons. The number of nitrogens with one attached hydrogen (secondary N) is 2. The SMILES string of the molecule is O=C(NCc1ccc(Br)cc1)C(=O)Nc1ccccn1. The van der Waals surface area contributed by atoms with Gasteiger partial charge in [0.1, 0.15) is 5.82 Å². The molecular weight excluding hydrogens is 322 g/mol. The molecule has 0 saturated heterocycles. The van der Waals surface area contributed by atoms with Crippen LogP contribution in [0.2, 0.25) is 0 Å². The molecule has 2 rings (SSSR count). The Morgan fingerprint density at radius 3 is 2.45 bits per heavy atom. The van der Waals surface area contributed by atoms with Crippen LogP contribution in [0.3, 0.4) is 0 Å². The minimum atomic E-state index is -0.735. The Morgan fingerprint density at radius 2 is 1.80 bits per heavy atom. The number of benzene rings is 1. The molecule has 2 amide bonds. The largest absolute Gasteiger partial charge is 0.344 e. The number of pyridine rings is 1. The maximum atomic E-state index is 11.6. The monoisotopic (exact) mass is 333 g/mol. The summed E-state index contributed by atoms with van der Waals surface area (Å²) < 4.78 is 0.959. The Labute approximate surface area is 124 Å². The lowest BCUT2D eigenvalue weighted by molar-refractivity contribution is -0.136. The summed E-state index contributed by atoms with van der Waals surface area (Å²) in [5.74, 6) is -1.09. The van der Waals surface area contributed by atoms with E-state index >= 15 is 0 Å². The fourth-order valence-corrected chi connectivity index (χ4v) is 1.74. The zero-order valence-electron chi connectivity index (χ0n) is 10.5. The van der Waals surface area contributed by atoms with Crippen molar-refractivity contribution >= 4 is 33.6 Å². The number of hydrogen-bond acceptors (Lipinski definition) is 3. The zero-order valence-corrected chi connectivity index (χ0v) is 12.1. The van der Waals surface area contributed by atoms with Crippen LogP contribution in [0.1, 0.15) is 5.56 Å². The molecule has 2 N–H and O–H groups in total. The second-order valence-corrected chi connectivity index (χ2v) is 4.89. The second-order valence-electron chi connectivity index (χ2n) is 3.98. The number of halogens is 1. The van der Waals surface area contributed by atoms with Gasteiger partial charge in [-0.1, -0.05) is 34.1 Å². The first kappa shape index (κ1) is 14.2. The Morgan fingerprint density at radius 1 is 1.05 bits per heavy atom. The third-order valence-corrected chi connectivity index (χ3v) is 3.01. The molecule has 5 nitrogen and oxygen atoms in total. The van der Waals surface area contributed by atoms with E-state index in [-0.39, 0.29) is 0 Å². The summed E-state index contributed by atoms with van der Waals surface area (Å²) in [5.41, 5.74) is 0.909. The van der Waals surface area contributed by atoms with Crippen molar-refractivity contribution in [1.82, 2.24) is 10.3 Å². The van der Waals surface area contributed by atoms with Crippen LogP contribution < -0.4 is 10.6 Å². The van der Waals surface area contributed by atoms with Crippen LogP contribution in [0.25, 0.3) is 0 Å². The third kappa shape index (κ3) is 4.17. The van der Waals surface area contributed by atoms with Crippen molar-refractivity contribution in [3.8, 4) is 0 Å². The summed E-state index contributed by atoms with van der Waals surface area (Å²) in [4.78, 5) is 27.2. The smallest absolute Gasteiger partial charge is 0.314 e. The van der Waals surface area contributed by atoms with E-state index in [1.54, 1.807) is 18.2 Å². The van der Waals surface area contributed by atoms with Gasteiger partial charge in [0.2, 0.25) is 0 Å². The minimum absolute atomic E-state index is 0.293. The van der Waals surface area contributed by atoms with E-state index in [0.717, 1.165) is 10.0 Å². The molecule has 0 aliphatic carbocycles. The van der Waals surface area contributed by atoms with Crippen molar-refractivity contribution in [2.75, 3.05) is 5.32 Å². The van der Waals surface area contributed by atoms with E-state index < -0.39 is 11.8 Å². The highest BCUT2D eigenvalue weighted by Crippen LogP contribution is 2.10. The van der Waals surface area contributed by atoms with Crippen molar-refractivity contribution < 1.29 is 9.59 Å². The van der Waals surface area contributed by atoms with Gasteiger partial charge in [-0.05, 0) is 29.8 Å². The van der Waals surface area contributed by atoms with E-state index in [2.05, 4.69) is 31.5 Å². The van der Waals surface area contributed by atoms with Crippen molar-refractivity contribution in [2.24, 2.45) is 0 Å². The van der Waals surface area contributed by atoms with E-state index in [4.69, 9.17) is 0 Å². The van der Waals surface area contributed by atoms with Gasteiger partial charge < -0.3 is 10.6 Å². The molecule has 1 aromatic heterocycles. The third-order valence-electron chi connectivity index (χ3n) is 2.48. The highest BCUT2D eigenvalue weighted by Gasteiger charge is 2.13. The molecule has 0 bridgehead atoms. The number of nitrogens with zero attached hydrogens (tertiary/aromatic N) is 1. The van der Waals surface area contributed by atoms with Gasteiger partial charge in [-0.3, -0.25) is 9.59 Å². The Bertz CT molecular complexity index is 600. The van der Waals surface area contributed by atoms with Crippen LogP contribution in [0, 0.1) is 0 Å². The van der Waals surface area contributed by atoms with Gasteiger partial charge in [-0.2, -0.15) is 0 Å². The van der Waals surface area contributed by atoms with E-state index in [1.165, 1.54) is 6.20 Å². The van der Waals surface area contributed by atoms with Gasteiger partial charge >= 0.3 is 11.8 Å². The minimum Gasteiger partial charge on any atom is -0.344 e. The average Bonchev–Trinajstić information content (AvgIpc) is 2.47. The number of amides is 2. The predicted molar refractivity (Wildman–Crippen MR) is 78.9 cm³/mol. The summed E-state index contributed by atoms with van der Waals surface area (Å²) in [6, 6.07) is 12.5. The molecule has 1 heterocycles. The predicted octanol–water partition coefficient (Wildman–Crippen LogP) is 2.10. The van der Waals surface area contributed by atoms with Gasteiger partial charge in [0.15, 0.2) is 0 Å². The maximum Gasteiger partial charge on any atom is 0.314 e. The standard InChI is InChI=1S/C14H12BrN3O2/c15-11-6-4-10(5-7-11)9-17-13(19)14(20)18-12-3-1-2-8-16-12/h1-8H,9H2,(H,17,19)(H,16,18,20). The molecule has 0 fully saturated rings. The zero-order chi connectivity index (χ0) is 14.4. The molecule has 2 aromatic rings. The molecule has 102 valence electrons. The molecule has 0 saturated carbocycles. The molecule has 0 aliphatic heterocycles. The number of aromatic nitrogens is 1. The van der Waals surface area contributed by atoms with Crippen molar-refractivity contribution in [3.63, 3.8) is 0 Å². The number of anilines is 1. The molecule has 1 aromatic carbocycles. The van der Waals surface area contributed by atoms with Gasteiger partial charge in [-0.15, -0.1) is 0 Å². The molecule has 0 atom stereocenters. The topological polar surface area (TPSA) is 71.1 Å². The summed E-state index contributed by atoms with van der Waals surface area (Å²) in [6.45, 7) is 0.293. The first-order chi connectivity index (χ1) is 9.65. The second kappa shape index (κ2) is 6.81. The van der Waals surface area contributed by atoms with E-state index in [0.29, 0.717) is 12.4 Å². The van der Waals surface area contributed by atoms with E-state index in [9.17, 15) is 9.59 Å². The normalized spacial score (nSPS) is 9.85. The fraction of sp³-hybridized carbons (Fsp3) is 0.0714. The number of rotatable bonds is 3. The van der Waals surface area contributed by atoms with Gasteiger partial charge in [-0.25, -0.2) is 4.98 Å². The summed E-state index contributed by atoms with van der Waals surface area (Å²) >= 11 is 3.33. The fourth-order valence-electron chi connectivity index (χ4n) is 1.47. The first-order valence-electron chi connectivity index (χ1n) is 5.90. The number of carbonyl (C=O) groups excluding carboxylic acids is 2. The molecule has 20 heavy (non-hydrogen) atoms. The molecule has 0 spiro atoms.